The van der Waals surface area contributed by atoms with Crippen LogP contribution >= 0.6 is 12.2 Å². The van der Waals surface area contributed by atoms with E-state index in [1.54, 1.807) is 0 Å². The lowest BCUT2D eigenvalue weighted by atomic mass is 10.4. The van der Waals surface area contributed by atoms with Crippen LogP contribution in [0.5, 0.6) is 0 Å². The van der Waals surface area contributed by atoms with Crippen molar-refractivity contribution in [3.8, 4) is 0 Å². The molecule has 2 aromatic heterocycles. The fourth-order valence-corrected chi connectivity index (χ4v) is 1.19. The lowest BCUT2D eigenvalue weighted by molar-refractivity contribution is 0.0690. The molecule has 0 amide bonds. The molecule has 0 atom stereocenters. The zero-order valence-corrected chi connectivity index (χ0v) is 7.60. The zero-order chi connectivity index (χ0) is 10.1. The van der Waals surface area contributed by atoms with Crippen LogP contribution in [-0.2, 0) is 0 Å². The molecule has 70 valence electrons. The first kappa shape index (κ1) is 8.70. The molecule has 0 unspecified atom stereocenters. The van der Waals surface area contributed by atoms with E-state index in [0.717, 1.165) is 0 Å². The van der Waals surface area contributed by atoms with Crippen molar-refractivity contribution in [1.82, 2.24) is 19.6 Å². The summed E-state index contributed by atoms with van der Waals surface area (Å²) in [7, 11) is 0. The Hall–Kier alpha value is -1.89. The van der Waals surface area contributed by atoms with Crippen molar-refractivity contribution in [2.45, 2.75) is 0 Å². The summed E-state index contributed by atoms with van der Waals surface area (Å²) < 4.78 is 1.37. The van der Waals surface area contributed by atoms with Gasteiger partial charge < -0.3 is 5.11 Å². The number of aromatic carboxylic acids is 1. The highest BCUT2D eigenvalue weighted by atomic mass is 32.1. The van der Waals surface area contributed by atoms with Crippen LogP contribution in [-0.4, -0.2) is 36.0 Å². The second kappa shape index (κ2) is 3.11. The van der Waals surface area contributed by atoms with Gasteiger partial charge in [-0.15, -0.1) is 0 Å². The third-order valence-corrected chi connectivity index (χ3v) is 1.83. The summed E-state index contributed by atoms with van der Waals surface area (Å²) >= 11 is 4.69. The van der Waals surface area contributed by atoms with Gasteiger partial charge in [-0.3, -0.25) is 0 Å². The van der Waals surface area contributed by atoms with Gasteiger partial charge in [-0.1, -0.05) is 12.2 Å². The fraction of sp³-hybridized carbons (Fsp3) is 0. The van der Waals surface area contributed by atoms with E-state index in [-0.39, 0.29) is 11.5 Å². The molecule has 0 saturated carbocycles. The molecule has 2 rings (SSSR count). The third kappa shape index (κ3) is 1.23. The Bertz CT molecular complexity index is 521. The highest BCUT2D eigenvalue weighted by molar-refractivity contribution is 7.79. The Morgan fingerprint density at radius 1 is 1.64 bits per heavy atom. The van der Waals surface area contributed by atoms with Crippen LogP contribution in [0.3, 0.4) is 0 Å². The number of carboxylic acids is 1. The molecule has 0 aliphatic heterocycles. The maximum atomic E-state index is 10.7. The average Bonchev–Trinajstić information content (AvgIpc) is 2.63. The van der Waals surface area contributed by atoms with E-state index >= 15 is 0 Å². The van der Waals surface area contributed by atoms with Crippen LogP contribution in [0.4, 0.5) is 0 Å². The van der Waals surface area contributed by atoms with E-state index in [9.17, 15) is 4.79 Å². The molecule has 0 fully saturated rings. The predicted octanol–water partition coefficient (Wildman–Crippen LogP) is 0.170. The van der Waals surface area contributed by atoms with E-state index in [4.69, 9.17) is 5.11 Å². The molecule has 0 aromatic carbocycles. The SMILES string of the molecule is O=C(O)c1cc2ncnn2c(C=S)n1. The Balaban J connectivity index is 2.79. The third-order valence-electron chi connectivity index (χ3n) is 1.62. The first-order chi connectivity index (χ1) is 6.72. The molecule has 7 heteroatoms. The van der Waals surface area contributed by atoms with Crippen molar-refractivity contribution in [2.24, 2.45) is 0 Å². The van der Waals surface area contributed by atoms with Gasteiger partial charge in [-0.2, -0.15) is 9.61 Å². The number of aromatic nitrogens is 4. The number of carboxylic acid groups (broad SMARTS) is 1. The van der Waals surface area contributed by atoms with Gasteiger partial charge in [0.15, 0.2) is 17.2 Å². The maximum Gasteiger partial charge on any atom is 0.354 e. The number of thiocarbonyl (C=S) groups is 1. The summed E-state index contributed by atoms with van der Waals surface area (Å²) in [5.74, 6) is -0.832. The largest absolute Gasteiger partial charge is 0.477 e. The first-order valence-corrected chi connectivity index (χ1v) is 4.09. The normalized spacial score (nSPS) is 10.3. The van der Waals surface area contributed by atoms with Crippen molar-refractivity contribution < 1.29 is 9.90 Å². The Morgan fingerprint density at radius 2 is 2.43 bits per heavy atom. The zero-order valence-electron chi connectivity index (χ0n) is 6.78. The lowest BCUT2D eigenvalue weighted by Gasteiger charge is -1.98. The van der Waals surface area contributed by atoms with Crippen molar-refractivity contribution in [2.75, 3.05) is 0 Å². The van der Waals surface area contributed by atoms with Gasteiger partial charge in [0.05, 0.1) is 0 Å². The summed E-state index contributed by atoms with van der Waals surface area (Å²) in [6, 6.07) is 1.33. The van der Waals surface area contributed by atoms with Crippen LogP contribution < -0.4 is 0 Å². The Morgan fingerprint density at radius 3 is 3.07 bits per heavy atom. The molecule has 2 aromatic rings. The van der Waals surface area contributed by atoms with E-state index in [1.807, 2.05) is 0 Å². The van der Waals surface area contributed by atoms with Gasteiger partial charge in [0, 0.05) is 11.4 Å². The minimum atomic E-state index is -1.12. The lowest BCUT2D eigenvalue weighted by Crippen LogP contribution is -2.08. The fourth-order valence-electron chi connectivity index (χ4n) is 1.04. The number of carbonyl (C=O) groups is 1. The van der Waals surface area contributed by atoms with E-state index in [1.165, 1.54) is 22.3 Å². The maximum absolute atomic E-state index is 10.7. The molecular weight excluding hydrogens is 204 g/mol. The molecule has 14 heavy (non-hydrogen) atoms. The molecule has 0 aliphatic rings. The average molecular weight is 208 g/mol. The van der Waals surface area contributed by atoms with Crippen LogP contribution in [0.2, 0.25) is 0 Å². The molecule has 0 radical (unpaired) electrons. The first-order valence-electron chi connectivity index (χ1n) is 3.61. The number of nitrogens with zero attached hydrogens (tertiary/aromatic N) is 4. The van der Waals surface area contributed by atoms with E-state index < -0.39 is 5.97 Å². The summed E-state index contributed by atoms with van der Waals surface area (Å²) in [5, 5.41) is 13.8. The topological polar surface area (TPSA) is 80.4 Å². The van der Waals surface area contributed by atoms with E-state index in [2.05, 4.69) is 27.3 Å². The van der Waals surface area contributed by atoms with Crippen LogP contribution in [0, 0.1) is 0 Å². The number of hydrogen-bond donors (Lipinski definition) is 1. The van der Waals surface area contributed by atoms with Gasteiger partial charge >= 0.3 is 5.97 Å². The summed E-state index contributed by atoms with van der Waals surface area (Å²) in [5.41, 5.74) is 0.315. The molecule has 2 heterocycles. The van der Waals surface area contributed by atoms with Gasteiger partial charge in [-0.05, 0) is 0 Å². The molecule has 1 N–H and O–H groups in total. The second-order valence-electron chi connectivity index (χ2n) is 2.45. The van der Waals surface area contributed by atoms with Gasteiger partial charge in [0.1, 0.15) is 6.33 Å². The minimum absolute atomic E-state index is 0.0957. The molecule has 0 bridgehead atoms. The van der Waals surface area contributed by atoms with E-state index in [0.29, 0.717) is 5.65 Å². The van der Waals surface area contributed by atoms with Crippen molar-refractivity contribution >= 4 is 29.2 Å². The minimum Gasteiger partial charge on any atom is -0.477 e. The van der Waals surface area contributed by atoms with Crippen LogP contribution in [0.25, 0.3) is 5.65 Å². The second-order valence-corrected chi connectivity index (χ2v) is 2.69. The predicted molar refractivity (Wildman–Crippen MR) is 50.5 cm³/mol. The summed E-state index contributed by atoms with van der Waals surface area (Å²) in [4.78, 5) is 18.3. The number of fused-ring (bicyclic) bond motifs is 1. The standard InChI is InChI=1S/C7H4N4O2S/c12-7(13)4-1-5-8-3-9-11(5)6(2-14)10-4/h1-3H,(H,12,13). The smallest absolute Gasteiger partial charge is 0.354 e. The molecule has 0 saturated heterocycles. The Labute approximate surface area is 83.2 Å². The van der Waals surface area contributed by atoms with Crippen LogP contribution in [0.1, 0.15) is 16.3 Å². The molecule has 0 spiro atoms. The summed E-state index contributed by atoms with van der Waals surface area (Å²) in [6.45, 7) is 0. The molecule has 6 nitrogen and oxygen atoms in total. The molecule has 0 aliphatic carbocycles. The van der Waals surface area contributed by atoms with Crippen molar-refractivity contribution in [1.29, 1.82) is 0 Å². The highest BCUT2D eigenvalue weighted by Crippen LogP contribution is 2.03. The van der Waals surface area contributed by atoms with Gasteiger partial charge in [0.2, 0.25) is 0 Å². The summed E-state index contributed by atoms with van der Waals surface area (Å²) in [6.07, 6.45) is 1.31. The van der Waals surface area contributed by atoms with Gasteiger partial charge in [-0.25, -0.2) is 14.8 Å². The monoisotopic (exact) mass is 208 g/mol. The molecular formula is C7H4N4O2S. The Kier molecular flexibility index (Phi) is 1.93. The van der Waals surface area contributed by atoms with Crippen molar-refractivity contribution in [3.63, 3.8) is 0 Å². The van der Waals surface area contributed by atoms with Crippen molar-refractivity contribution in [3.05, 3.63) is 23.9 Å². The number of hydrogen-bond acceptors (Lipinski definition) is 5. The number of rotatable bonds is 2. The highest BCUT2D eigenvalue weighted by Gasteiger charge is 2.10. The quantitative estimate of drug-likeness (QED) is 0.708. The van der Waals surface area contributed by atoms with Crippen LogP contribution in [0.15, 0.2) is 12.4 Å². The van der Waals surface area contributed by atoms with Gasteiger partial charge in [0.25, 0.3) is 0 Å².